The first kappa shape index (κ1) is 13.6. The predicted octanol–water partition coefficient (Wildman–Crippen LogP) is 2.43. The van der Waals surface area contributed by atoms with Crippen LogP contribution in [0.2, 0.25) is 0 Å². The summed E-state index contributed by atoms with van der Waals surface area (Å²) in [5, 5.41) is 1.34. The highest BCUT2D eigenvalue weighted by Gasteiger charge is 2.33. The van der Waals surface area contributed by atoms with Crippen molar-refractivity contribution < 1.29 is 14.3 Å². The maximum absolute atomic E-state index is 12.4. The summed E-state index contributed by atoms with van der Waals surface area (Å²) in [5.41, 5.74) is 1.37. The molecule has 1 aromatic heterocycles. The van der Waals surface area contributed by atoms with E-state index < -0.39 is 0 Å². The van der Waals surface area contributed by atoms with Gasteiger partial charge in [0, 0.05) is 18.0 Å². The lowest BCUT2D eigenvalue weighted by atomic mass is 10.2. The first-order valence-corrected chi connectivity index (χ1v) is 6.77. The van der Waals surface area contributed by atoms with E-state index in [1.807, 2.05) is 18.2 Å². The fourth-order valence-electron chi connectivity index (χ4n) is 2.53. The first-order valence-electron chi connectivity index (χ1n) is 6.37. The van der Waals surface area contributed by atoms with E-state index in [4.69, 9.17) is 21.7 Å². The van der Waals surface area contributed by atoms with Gasteiger partial charge in [-0.05, 0) is 24.4 Å². The Balaban J connectivity index is 2.23. The number of amides is 1. The zero-order chi connectivity index (χ0) is 15.1. The van der Waals surface area contributed by atoms with Gasteiger partial charge in [-0.3, -0.25) is 14.3 Å². The normalized spacial score (nSPS) is 13.7. The third kappa shape index (κ3) is 1.83. The fraction of sp³-hybridized carbons (Fsp3) is 0.200. The lowest BCUT2D eigenvalue weighted by Gasteiger charge is -2.14. The van der Waals surface area contributed by atoms with Gasteiger partial charge in [0.15, 0.2) is 16.6 Å². The van der Waals surface area contributed by atoms with Gasteiger partial charge in [0.05, 0.1) is 19.7 Å². The molecule has 0 atom stereocenters. The van der Waals surface area contributed by atoms with E-state index in [0.29, 0.717) is 28.9 Å². The summed E-state index contributed by atoms with van der Waals surface area (Å²) in [6.45, 7) is 4.05. The molecular weight excluding hydrogens is 288 g/mol. The number of ether oxygens (including phenoxy) is 2. The van der Waals surface area contributed by atoms with Crippen molar-refractivity contribution in [3.05, 3.63) is 36.5 Å². The zero-order valence-corrected chi connectivity index (χ0v) is 12.6. The first-order chi connectivity index (χ1) is 10.1. The molecule has 6 heteroatoms. The van der Waals surface area contributed by atoms with E-state index in [2.05, 4.69) is 6.58 Å². The standard InChI is InChI=1S/C15H14N2O3S/c1-4-5-16-14(18)11-6-9-7-12(19-2)13(20-3)8-10(9)17(11)15(16)21/h4,6-8H,1,5H2,2-3H3. The number of carbonyl (C=O) groups excluding carboxylic acids is 1. The molecule has 108 valence electrons. The summed E-state index contributed by atoms with van der Waals surface area (Å²) in [4.78, 5) is 13.9. The molecule has 0 fully saturated rings. The Morgan fingerprint density at radius 3 is 2.52 bits per heavy atom. The molecule has 1 amide bonds. The fourth-order valence-corrected chi connectivity index (χ4v) is 2.89. The number of nitrogens with zero attached hydrogens (tertiary/aromatic N) is 2. The third-order valence-electron chi connectivity index (χ3n) is 3.51. The molecule has 0 aliphatic carbocycles. The highest BCUT2D eigenvalue weighted by molar-refractivity contribution is 7.80. The van der Waals surface area contributed by atoms with Crippen molar-refractivity contribution in [1.82, 2.24) is 9.47 Å². The number of rotatable bonds is 4. The molecule has 3 rings (SSSR count). The van der Waals surface area contributed by atoms with E-state index in [1.54, 1.807) is 24.9 Å². The summed E-state index contributed by atoms with van der Waals surface area (Å²) in [7, 11) is 3.15. The van der Waals surface area contributed by atoms with Gasteiger partial charge in [-0.15, -0.1) is 6.58 Å². The molecule has 0 spiro atoms. The number of hydrogen-bond donors (Lipinski definition) is 0. The monoisotopic (exact) mass is 302 g/mol. The van der Waals surface area contributed by atoms with E-state index >= 15 is 0 Å². The van der Waals surface area contributed by atoms with Crippen LogP contribution in [0, 0.1) is 0 Å². The van der Waals surface area contributed by atoms with Gasteiger partial charge in [0.1, 0.15) is 5.69 Å². The van der Waals surface area contributed by atoms with Crippen LogP contribution >= 0.6 is 12.2 Å². The second-order valence-corrected chi connectivity index (χ2v) is 4.98. The van der Waals surface area contributed by atoms with Crippen LogP contribution in [0.4, 0.5) is 0 Å². The van der Waals surface area contributed by atoms with Gasteiger partial charge in [0.25, 0.3) is 5.91 Å². The highest BCUT2D eigenvalue weighted by Crippen LogP contribution is 2.35. The van der Waals surface area contributed by atoms with Crippen LogP contribution in [0.25, 0.3) is 10.9 Å². The molecule has 21 heavy (non-hydrogen) atoms. The van der Waals surface area contributed by atoms with E-state index in [1.165, 1.54) is 4.90 Å². The van der Waals surface area contributed by atoms with Crippen LogP contribution in [0.5, 0.6) is 11.5 Å². The van der Waals surface area contributed by atoms with Gasteiger partial charge in [0.2, 0.25) is 0 Å². The SMILES string of the molecule is C=CCN1C(=O)c2cc3cc(OC)c(OC)cc3n2C1=S. The smallest absolute Gasteiger partial charge is 0.277 e. The van der Waals surface area contributed by atoms with E-state index in [0.717, 1.165) is 10.9 Å². The topological polar surface area (TPSA) is 43.7 Å². The summed E-state index contributed by atoms with van der Waals surface area (Å²) < 4.78 is 12.4. The molecule has 2 aromatic rings. The van der Waals surface area contributed by atoms with Crippen molar-refractivity contribution in [2.24, 2.45) is 0 Å². The Morgan fingerprint density at radius 1 is 1.24 bits per heavy atom. The van der Waals surface area contributed by atoms with Crippen LogP contribution in [0.1, 0.15) is 10.5 Å². The van der Waals surface area contributed by atoms with Crippen molar-refractivity contribution in [3.8, 4) is 11.5 Å². The Bertz CT molecular complexity index is 779. The molecule has 1 aliphatic heterocycles. The number of carbonyl (C=O) groups is 1. The minimum Gasteiger partial charge on any atom is -0.493 e. The Morgan fingerprint density at radius 2 is 1.90 bits per heavy atom. The maximum Gasteiger partial charge on any atom is 0.277 e. The van der Waals surface area contributed by atoms with Gasteiger partial charge in [-0.25, -0.2) is 0 Å². The molecule has 0 radical (unpaired) electrons. The minimum absolute atomic E-state index is 0.117. The third-order valence-corrected chi connectivity index (χ3v) is 3.91. The zero-order valence-electron chi connectivity index (χ0n) is 11.8. The van der Waals surface area contributed by atoms with Gasteiger partial charge in [-0.2, -0.15) is 0 Å². The highest BCUT2D eigenvalue weighted by atomic mass is 32.1. The maximum atomic E-state index is 12.4. The van der Waals surface area contributed by atoms with Crippen molar-refractivity contribution in [1.29, 1.82) is 0 Å². The molecule has 0 saturated heterocycles. The molecule has 0 N–H and O–H groups in total. The van der Waals surface area contributed by atoms with Crippen LogP contribution in [0.15, 0.2) is 30.9 Å². The average molecular weight is 302 g/mol. The second kappa shape index (κ2) is 4.89. The van der Waals surface area contributed by atoms with E-state index in [-0.39, 0.29) is 5.91 Å². The minimum atomic E-state index is -0.117. The van der Waals surface area contributed by atoms with Gasteiger partial charge in [-0.1, -0.05) is 6.08 Å². The van der Waals surface area contributed by atoms with Crippen LogP contribution < -0.4 is 9.47 Å². The Hall–Kier alpha value is -2.34. The Labute approximate surface area is 127 Å². The number of thiocarbonyl (C=S) groups is 1. The number of methoxy groups -OCH3 is 2. The molecule has 0 unspecified atom stereocenters. The molecule has 5 nitrogen and oxygen atoms in total. The Kier molecular flexibility index (Phi) is 3.17. The number of aromatic nitrogens is 1. The molecule has 0 bridgehead atoms. The summed E-state index contributed by atoms with van der Waals surface area (Å²) >= 11 is 5.41. The lowest BCUT2D eigenvalue weighted by Crippen LogP contribution is -2.30. The number of fused-ring (bicyclic) bond motifs is 3. The summed E-state index contributed by atoms with van der Waals surface area (Å²) in [6, 6.07) is 5.48. The van der Waals surface area contributed by atoms with Gasteiger partial charge < -0.3 is 9.47 Å². The van der Waals surface area contributed by atoms with Gasteiger partial charge >= 0.3 is 0 Å². The van der Waals surface area contributed by atoms with Crippen molar-refractivity contribution >= 4 is 34.1 Å². The molecule has 0 saturated carbocycles. The summed E-state index contributed by atoms with van der Waals surface area (Å²) in [5.74, 6) is 1.10. The van der Waals surface area contributed by atoms with E-state index in [9.17, 15) is 4.79 Å². The second-order valence-electron chi connectivity index (χ2n) is 4.62. The molecular formula is C15H14N2O3S. The quantitative estimate of drug-likeness (QED) is 0.643. The summed E-state index contributed by atoms with van der Waals surface area (Å²) in [6.07, 6.45) is 1.66. The average Bonchev–Trinajstić information content (AvgIpc) is 2.97. The largest absolute Gasteiger partial charge is 0.493 e. The van der Waals surface area contributed by atoms with Crippen LogP contribution in [-0.2, 0) is 0 Å². The molecule has 1 aromatic carbocycles. The van der Waals surface area contributed by atoms with Crippen LogP contribution in [-0.4, -0.2) is 41.3 Å². The van der Waals surface area contributed by atoms with Crippen LogP contribution in [0.3, 0.4) is 0 Å². The molecule has 1 aliphatic rings. The lowest BCUT2D eigenvalue weighted by molar-refractivity contribution is 0.0872. The van der Waals surface area contributed by atoms with Crippen molar-refractivity contribution in [2.45, 2.75) is 0 Å². The van der Waals surface area contributed by atoms with Crippen molar-refractivity contribution in [3.63, 3.8) is 0 Å². The number of benzene rings is 1. The molecule has 2 heterocycles. The van der Waals surface area contributed by atoms with Crippen molar-refractivity contribution in [2.75, 3.05) is 20.8 Å². The predicted molar refractivity (Wildman–Crippen MR) is 84.3 cm³/mol. The number of hydrogen-bond acceptors (Lipinski definition) is 4.